The van der Waals surface area contributed by atoms with Crippen molar-refractivity contribution in [2.24, 2.45) is 11.7 Å². The SMILES string of the molecule is CC(CC(N)=O)C(=O)NCc1ccccc1CN1CCCCCC1. The minimum atomic E-state index is -0.445. The van der Waals surface area contributed by atoms with E-state index in [4.69, 9.17) is 5.73 Å². The second-order valence-corrected chi connectivity index (χ2v) is 6.75. The third-order valence-corrected chi connectivity index (χ3v) is 4.62. The predicted molar refractivity (Wildman–Crippen MR) is 95.0 cm³/mol. The van der Waals surface area contributed by atoms with Crippen LogP contribution < -0.4 is 11.1 Å². The van der Waals surface area contributed by atoms with Crippen LogP contribution in [0.4, 0.5) is 0 Å². The van der Waals surface area contributed by atoms with Gasteiger partial charge in [-0.25, -0.2) is 0 Å². The number of nitrogens with two attached hydrogens (primary N) is 1. The van der Waals surface area contributed by atoms with Gasteiger partial charge < -0.3 is 11.1 Å². The Balaban J connectivity index is 1.93. The summed E-state index contributed by atoms with van der Waals surface area (Å²) < 4.78 is 0. The van der Waals surface area contributed by atoms with Crippen LogP contribution in [0.1, 0.15) is 50.2 Å². The van der Waals surface area contributed by atoms with E-state index in [0.717, 1.165) is 25.2 Å². The average molecular weight is 331 g/mol. The molecule has 24 heavy (non-hydrogen) atoms. The van der Waals surface area contributed by atoms with Gasteiger partial charge in [0.15, 0.2) is 0 Å². The zero-order chi connectivity index (χ0) is 17.4. The monoisotopic (exact) mass is 331 g/mol. The van der Waals surface area contributed by atoms with Crippen molar-refractivity contribution >= 4 is 11.8 Å². The molecular formula is C19H29N3O2. The summed E-state index contributed by atoms with van der Waals surface area (Å²) in [5.41, 5.74) is 7.56. The Morgan fingerprint density at radius 3 is 2.38 bits per heavy atom. The van der Waals surface area contributed by atoms with E-state index >= 15 is 0 Å². The van der Waals surface area contributed by atoms with Gasteiger partial charge in [0.25, 0.3) is 0 Å². The molecule has 132 valence electrons. The standard InChI is InChI=1S/C19H29N3O2/c1-15(12-18(20)23)19(24)21-13-16-8-4-5-9-17(16)14-22-10-6-2-3-7-11-22/h4-5,8-9,15H,2-3,6-7,10-14H2,1H3,(H2,20,23)(H,21,24). The summed E-state index contributed by atoms with van der Waals surface area (Å²) in [5.74, 6) is -0.960. The number of benzene rings is 1. The minimum Gasteiger partial charge on any atom is -0.370 e. The lowest BCUT2D eigenvalue weighted by atomic mass is 10.0. The van der Waals surface area contributed by atoms with Crippen LogP contribution in [0, 0.1) is 5.92 Å². The smallest absolute Gasteiger partial charge is 0.223 e. The topological polar surface area (TPSA) is 75.4 Å². The molecule has 0 aliphatic carbocycles. The van der Waals surface area contributed by atoms with Crippen molar-refractivity contribution in [1.29, 1.82) is 0 Å². The van der Waals surface area contributed by atoms with Gasteiger partial charge in [-0.3, -0.25) is 14.5 Å². The Hall–Kier alpha value is -1.88. The lowest BCUT2D eigenvalue weighted by Crippen LogP contribution is -2.32. The van der Waals surface area contributed by atoms with Gasteiger partial charge in [-0.1, -0.05) is 44.0 Å². The number of likely N-dealkylation sites (tertiary alicyclic amines) is 1. The fourth-order valence-electron chi connectivity index (χ4n) is 3.17. The molecule has 1 saturated heterocycles. The maximum absolute atomic E-state index is 12.1. The second-order valence-electron chi connectivity index (χ2n) is 6.75. The molecular weight excluding hydrogens is 302 g/mol. The van der Waals surface area contributed by atoms with E-state index in [1.165, 1.54) is 31.2 Å². The van der Waals surface area contributed by atoms with Crippen LogP contribution in [0.15, 0.2) is 24.3 Å². The maximum Gasteiger partial charge on any atom is 0.223 e. The van der Waals surface area contributed by atoms with Crippen molar-refractivity contribution in [1.82, 2.24) is 10.2 Å². The van der Waals surface area contributed by atoms with Crippen molar-refractivity contribution in [2.45, 2.75) is 52.1 Å². The summed E-state index contributed by atoms with van der Waals surface area (Å²) in [6, 6.07) is 8.25. The molecule has 1 aromatic carbocycles. The third-order valence-electron chi connectivity index (χ3n) is 4.62. The Morgan fingerprint density at radius 1 is 1.12 bits per heavy atom. The molecule has 1 aromatic rings. The predicted octanol–water partition coefficient (Wildman–Crippen LogP) is 2.19. The van der Waals surface area contributed by atoms with E-state index in [0.29, 0.717) is 6.54 Å². The highest BCUT2D eigenvalue weighted by atomic mass is 16.2. The summed E-state index contributed by atoms with van der Waals surface area (Å²) in [6.07, 6.45) is 5.27. The van der Waals surface area contributed by atoms with Crippen molar-refractivity contribution < 1.29 is 9.59 Å². The first-order valence-electron chi connectivity index (χ1n) is 8.91. The summed E-state index contributed by atoms with van der Waals surface area (Å²) >= 11 is 0. The molecule has 2 rings (SSSR count). The molecule has 1 fully saturated rings. The lowest BCUT2D eigenvalue weighted by Gasteiger charge is -2.22. The molecule has 2 amide bonds. The Morgan fingerprint density at radius 2 is 1.75 bits per heavy atom. The number of carbonyl (C=O) groups excluding carboxylic acids is 2. The zero-order valence-corrected chi connectivity index (χ0v) is 14.6. The van der Waals surface area contributed by atoms with Gasteiger partial charge in [0.2, 0.25) is 11.8 Å². The van der Waals surface area contributed by atoms with E-state index in [1.54, 1.807) is 6.92 Å². The Kier molecular flexibility index (Phi) is 7.25. The molecule has 1 atom stereocenters. The first-order valence-corrected chi connectivity index (χ1v) is 8.91. The largest absolute Gasteiger partial charge is 0.370 e. The molecule has 5 heteroatoms. The van der Waals surface area contributed by atoms with E-state index in [2.05, 4.69) is 22.3 Å². The van der Waals surface area contributed by atoms with Crippen molar-refractivity contribution in [3.05, 3.63) is 35.4 Å². The number of rotatable bonds is 7. The molecule has 0 saturated carbocycles. The summed E-state index contributed by atoms with van der Waals surface area (Å²) in [4.78, 5) is 25.5. The fraction of sp³-hybridized carbons (Fsp3) is 0.579. The highest BCUT2D eigenvalue weighted by Gasteiger charge is 2.16. The normalized spacial score (nSPS) is 17.0. The molecule has 1 unspecified atom stereocenters. The molecule has 0 spiro atoms. The second kappa shape index (κ2) is 9.42. The van der Waals surface area contributed by atoms with Gasteiger partial charge in [0, 0.05) is 25.4 Å². The highest BCUT2D eigenvalue weighted by Crippen LogP contribution is 2.16. The highest BCUT2D eigenvalue weighted by molar-refractivity contribution is 5.84. The fourth-order valence-corrected chi connectivity index (χ4v) is 3.17. The van der Waals surface area contributed by atoms with Gasteiger partial charge in [-0.05, 0) is 37.1 Å². The van der Waals surface area contributed by atoms with Gasteiger partial charge >= 0.3 is 0 Å². The molecule has 1 aliphatic heterocycles. The van der Waals surface area contributed by atoms with Gasteiger partial charge in [0.05, 0.1) is 0 Å². The Bertz CT molecular complexity index is 551. The molecule has 0 aromatic heterocycles. The summed E-state index contributed by atoms with van der Waals surface area (Å²) in [5, 5.41) is 2.93. The van der Waals surface area contributed by atoms with Crippen LogP contribution in [0.25, 0.3) is 0 Å². The number of nitrogens with one attached hydrogen (secondary N) is 1. The van der Waals surface area contributed by atoms with Gasteiger partial charge in [-0.15, -0.1) is 0 Å². The van der Waals surface area contributed by atoms with Crippen LogP contribution in [0.3, 0.4) is 0 Å². The summed E-state index contributed by atoms with van der Waals surface area (Å²) in [7, 11) is 0. The molecule has 1 aliphatic rings. The van der Waals surface area contributed by atoms with E-state index in [-0.39, 0.29) is 18.2 Å². The lowest BCUT2D eigenvalue weighted by molar-refractivity contribution is -0.128. The zero-order valence-electron chi connectivity index (χ0n) is 14.6. The van der Waals surface area contributed by atoms with Gasteiger partial charge in [-0.2, -0.15) is 0 Å². The number of hydrogen-bond donors (Lipinski definition) is 2. The van der Waals surface area contributed by atoms with Crippen LogP contribution in [-0.2, 0) is 22.7 Å². The number of amides is 2. The molecule has 0 radical (unpaired) electrons. The quantitative estimate of drug-likeness (QED) is 0.804. The van der Waals surface area contributed by atoms with Crippen molar-refractivity contribution in [3.8, 4) is 0 Å². The number of primary amides is 1. The molecule has 0 bridgehead atoms. The summed E-state index contributed by atoms with van der Waals surface area (Å²) in [6.45, 7) is 5.45. The first-order chi connectivity index (χ1) is 11.6. The molecule has 5 nitrogen and oxygen atoms in total. The first kappa shape index (κ1) is 18.5. The molecule has 1 heterocycles. The van der Waals surface area contributed by atoms with Crippen molar-refractivity contribution in [2.75, 3.05) is 13.1 Å². The van der Waals surface area contributed by atoms with E-state index in [1.807, 2.05) is 12.1 Å². The van der Waals surface area contributed by atoms with E-state index in [9.17, 15) is 9.59 Å². The number of nitrogens with zero attached hydrogens (tertiary/aromatic N) is 1. The van der Waals surface area contributed by atoms with Crippen LogP contribution in [0.2, 0.25) is 0 Å². The van der Waals surface area contributed by atoms with E-state index < -0.39 is 5.91 Å². The maximum atomic E-state index is 12.1. The van der Waals surface area contributed by atoms with Crippen LogP contribution in [-0.4, -0.2) is 29.8 Å². The minimum absolute atomic E-state index is 0.0846. The molecule has 3 N–H and O–H groups in total. The third kappa shape index (κ3) is 5.96. The van der Waals surface area contributed by atoms with Crippen molar-refractivity contribution in [3.63, 3.8) is 0 Å². The van der Waals surface area contributed by atoms with Gasteiger partial charge in [0.1, 0.15) is 0 Å². The number of carbonyl (C=O) groups is 2. The number of hydrogen-bond acceptors (Lipinski definition) is 3. The van der Waals surface area contributed by atoms with Crippen LogP contribution in [0.5, 0.6) is 0 Å². The Labute approximate surface area is 144 Å². The average Bonchev–Trinajstić information content (AvgIpc) is 2.81. The van der Waals surface area contributed by atoms with Crippen LogP contribution >= 0.6 is 0 Å².